The molecule has 25 heavy (non-hydrogen) atoms. The average molecular weight is 330 g/mol. The minimum Gasteiger partial charge on any atom is -0.507 e. The van der Waals surface area contributed by atoms with Gasteiger partial charge in [0.05, 0.1) is 12.1 Å². The highest BCUT2D eigenvalue weighted by atomic mass is 16.3. The van der Waals surface area contributed by atoms with E-state index in [2.05, 4.69) is 10.5 Å². The Kier molecular flexibility index (Phi) is 5.22. The predicted molar refractivity (Wildman–Crippen MR) is 98.6 cm³/mol. The van der Waals surface area contributed by atoms with Crippen molar-refractivity contribution in [2.24, 2.45) is 5.10 Å². The number of hydrogen-bond acceptors (Lipinski definition) is 3. The number of hydrogen-bond donors (Lipinski definition) is 2. The molecule has 0 spiro atoms. The van der Waals surface area contributed by atoms with E-state index < -0.39 is 5.92 Å². The molecule has 2 N–H and O–H groups in total. The summed E-state index contributed by atoms with van der Waals surface area (Å²) in [5.41, 5.74) is 4.90. The first kappa shape index (κ1) is 16.5. The van der Waals surface area contributed by atoms with Crippen LogP contribution in [0, 0.1) is 0 Å². The van der Waals surface area contributed by atoms with Crippen molar-refractivity contribution in [3.05, 3.63) is 102 Å². The number of phenols is 1. The molecule has 4 heteroatoms. The van der Waals surface area contributed by atoms with Crippen LogP contribution >= 0.6 is 0 Å². The predicted octanol–water partition coefficient (Wildman–Crippen LogP) is 3.67. The van der Waals surface area contributed by atoms with Gasteiger partial charge >= 0.3 is 0 Å². The second-order valence-electron chi connectivity index (χ2n) is 5.55. The van der Waals surface area contributed by atoms with E-state index in [1.807, 2.05) is 60.7 Å². The van der Waals surface area contributed by atoms with E-state index in [4.69, 9.17) is 0 Å². The molecule has 3 rings (SSSR count). The van der Waals surface area contributed by atoms with Crippen LogP contribution in [0.2, 0.25) is 0 Å². The molecule has 0 radical (unpaired) electrons. The maximum absolute atomic E-state index is 12.7. The van der Waals surface area contributed by atoms with Gasteiger partial charge in [0.15, 0.2) is 0 Å². The topological polar surface area (TPSA) is 61.7 Å². The highest BCUT2D eigenvalue weighted by Gasteiger charge is 2.22. The summed E-state index contributed by atoms with van der Waals surface area (Å²) in [6.45, 7) is 0. The zero-order valence-electron chi connectivity index (χ0n) is 13.5. The first-order valence-corrected chi connectivity index (χ1v) is 7.96. The molecular weight excluding hydrogens is 312 g/mol. The molecule has 0 unspecified atom stereocenters. The van der Waals surface area contributed by atoms with Crippen molar-refractivity contribution in [2.75, 3.05) is 0 Å². The molecule has 3 aromatic rings. The normalized spacial score (nSPS) is 10.9. The molecule has 1 amide bonds. The maximum atomic E-state index is 12.7. The number of phenolic OH excluding ortho intramolecular Hbond substituents is 1. The molecular formula is C21H18N2O2. The number of amides is 1. The Labute approximate surface area is 146 Å². The van der Waals surface area contributed by atoms with Gasteiger partial charge in [0.2, 0.25) is 0 Å². The lowest BCUT2D eigenvalue weighted by atomic mass is 9.91. The minimum absolute atomic E-state index is 0.114. The van der Waals surface area contributed by atoms with Crippen LogP contribution in [0.3, 0.4) is 0 Å². The fraction of sp³-hybridized carbons (Fsp3) is 0.0476. The molecule has 0 aliphatic carbocycles. The summed E-state index contributed by atoms with van der Waals surface area (Å²) < 4.78 is 0. The van der Waals surface area contributed by atoms with Gasteiger partial charge in [-0.1, -0.05) is 72.8 Å². The molecule has 0 bridgehead atoms. The third-order valence-corrected chi connectivity index (χ3v) is 3.84. The van der Waals surface area contributed by atoms with Crippen LogP contribution in [0.4, 0.5) is 0 Å². The molecule has 0 aliphatic heterocycles. The van der Waals surface area contributed by atoms with Gasteiger partial charge in [-0.15, -0.1) is 0 Å². The summed E-state index contributed by atoms with van der Waals surface area (Å²) in [6.07, 6.45) is 1.43. The van der Waals surface area contributed by atoms with Gasteiger partial charge < -0.3 is 5.11 Å². The summed E-state index contributed by atoms with van der Waals surface area (Å²) >= 11 is 0. The second kappa shape index (κ2) is 7.93. The number of nitrogens with one attached hydrogen (secondary N) is 1. The van der Waals surface area contributed by atoms with Crippen molar-refractivity contribution in [1.82, 2.24) is 5.43 Å². The summed E-state index contributed by atoms with van der Waals surface area (Å²) in [5.74, 6) is -0.573. The average Bonchev–Trinajstić information content (AvgIpc) is 2.65. The zero-order valence-corrected chi connectivity index (χ0v) is 13.5. The Bertz CT molecular complexity index is 822. The first-order valence-electron chi connectivity index (χ1n) is 7.96. The summed E-state index contributed by atoms with van der Waals surface area (Å²) in [7, 11) is 0. The number of carbonyl (C=O) groups excluding carboxylic acids is 1. The molecule has 0 saturated carbocycles. The minimum atomic E-state index is -0.455. The Morgan fingerprint density at radius 2 is 1.36 bits per heavy atom. The molecule has 0 atom stereocenters. The van der Waals surface area contributed by atoms with Crippen LogP contribution in [0.5, 0.6) is 5.75 Å². The molecule has 0 aliphatic rings. The Balaban J connectivity index is 1.82. The van der Waals surface area contributed by atoms with Gasteiger partial charge in [-0.2, -0.15) is 5.10 Å². The Hall–Kier alpha value is -3.40. The van der Waals surface area contributed by atoms with Gasteiger partial charge in [0.25, 0.3) is 5.91 Å². The molecule has 0 saturated heterocycles. The van der Waals surface area contributed by atoms with E-state index in [9.17, 15) is 9.90 Å². The number of para-hydroxylation sites is 1. The lowest BCUT2D eigenvalue weighted by Crippen LogP contribution is -2.26. The largest absolute Gasteiger partial charge is 0.507 e. The van der Waals surface area contributed by atoms with Crippen LogP contribution in [0.15, 0.2) is 90.0 Å². The quantitative estimate of drug-likeness (QED) is 0.554. The monoisotopic (exact) mass is 330 g/mol. The van der Waals surface area contributed by atoms with Crippen molar-refractivity contribution in [2.45, 2.75) is 5.92 Å². The van der Waals surface area contributed by atoms with Gasteiger partial charge in [-0.25, -0.2) is 5.43 Å². The summed E-state index contributed by atoms with van der Waals surface area (Å²) in [6, 6.07) is 25.9. The van der Waals surface area contributed by atoms with E-state index in [1.165, 1.54) is 6.21 Å². The van der Waals surface area contributed by atoms with Crippen molar-refractivity contribution in [3.63, 3.8) is 0 Å². The standard InChI is InChI=1S/C21H18N2O2/c24-19-14-8-7-13-18(19)15-22-23-21(25)20(16-9-3-1-4-10-16)17-11-5-2-6-12-17/h1-15,20,24H,(H,23,25)/b22-15-. The van der Waals surface area contributed by atoms with Gasteiger partial charge in [0.1, 0.15) is 5.75 Å². The molecule has 4 nitrogen and oxygen atoms in total. The molecule has 0 fully saturated rings. The Morgan fingerprint density at radius 1 is 0.840 bits per heavy atom. The maximum Gasteiger partial charge on any atom is 0.252 e. The fourth-order valence-electron chi connectivity index (χ4n) is 2.61. The number of rotatable bonds is 5. The first-order chi connectivity index (χ1) is 12.3. The fourth-order valence-corrected chi connectivity index (χ4v) is 2.61. The molecule has 0 aromatic heterocycles. The van der Waals surface area contributed by atoms with Crippen LogP contribution in [-0.2, 0) is 4.79 Å². The van der Waals surface area contributed by atoms with E-state index in [1.54, 1.807) is 24.3 Å². The zero-order chi connectivity index (χ0) is 17.5. The SMILES string of the molecule is O=C(N/N=C\c1ccccc1O)C(c1ccccc1)c1ccccc1. The van der Waals surface area contributed by atoms with Crippen molar-refractivity contribution in [3.8, 4) is 5.75 Å². The molecule has 0 heterocycles. The number of benzene rings is 3. The van der Waals surface area contributed by atoms with E-state index >= 15 is 0 Å². The van der Waals surface area contributed by atoms with Crippen molar-refractivity contribution in [1.29, 1.82) is 0 Å². The summed E-state index contributed by atoms with van der Waals surface area (Å²) in [4.78, 5) is 12.7. The Morgan fingerprint density at radius 3 is 1.92 bits per heavy atom. The van der Waals surface area contributed by atoms with Crippen molar-refractivity contribution < 1.29 is 9.90 Å². The number of aromatic hydroxyl groups is 1. The second-order valence-corrected chi connectivity index (χ2v) is 5.55. The highest BCUT2D eigenvalue weighted by molar-refractivity contribution is 5.89. The highest BCUT2D eigenvalue weighted by Crippen LogP contribution is 2.24. The number of nitrogens with zero attached hydrogens (tertiary/aromatic N) is 1. The molecule has 124 valence electrons. The van der Waals surface area contributed by atoms with Gasteiger partial charge in [-0.3, -0.25) is 4.79 Å². The van der Waals surface area contributed by atoms with E-state index in [0.29, 0.717) is 5.56 Å². The van der Waals surface area contributed by atoms with Gasteiger partial charge in [-0.05, 0) is 23.3 Å². The number of carbonyl (C=O) groups is 1. The molecule has 3 aromatic carbocycles. The lowest BCUT2D eigenvalue weighted by molar-refractivity contribution is -0.121. The third-order valence-electron chi connectivity index (χ3n) is 3.84. The van der Waals surface area contributed by atoms with Crippen LogP contribution < -0.4 is 5.43 Å². The smallest absolute Gasteiger partial charge is 0.252 e. The lowest BCUT2D eigenvalue weighted by Gasteiger charge is -2.16. The van der Waals surface area contributed by atoms with E-state index in [-0.39, 0.29) is 11.7 Å². The summed E-state index contributed by atoms with van der Waals surface area (Å²) in [5, 5.41) is 13.7. The van der Waals surface area contributed by atoms with Crippen LogP contribution in [0.1, 0.15) is 22.6 Å². The van der Waals surface area contributed by atoms with Crippen LogP contribution in [-0.4, -0.2) is 17.2 Å². The van der Waals surface area contributed by atoms with Crippen molar-refractivity contribution >= 4 is 12.1 Å². The number of hydrazone groups is 1. The van der Waals surface area contributed by atoms with Gasteiger partial charge in [0, 0.05) is 5.56 Å². The van der Waals surface area contributed by atoms with E-state index in [0.717, 1.165) is 11.1 Å². The third kappa shape index (κ3) is 4.12. The van der Waals surface area contributed by atoms with Crippen LogP contribution in [0.25, 0.3) is 0 Å².